The van der Waals surface area contributed by atoms with E-state index in [1.807, 2.05) is 20.2 Å². The average Bonchev–Trinajstić information content (AvgIpc) is 3.37. The molecule has 0 bridgehead atoms. The first-order valence-corrected chi connectivity index (χ1v) is 12.5. The first-order valence-electron chi connectivity index (χ1n) is 11.0. The summed E-state index contributed by atoms with van der Waals surface area (Å²) in [5, 5.41) is 4.21. The van der Waals surface area contributed by atoms with Crippen LogP contribution < -0.4 is 9.62 Å². The summed E-state index contributed by atoms with van der Waals surface area (Å²) >= 11 is 0. The van der Waals surface area contributed by atoms with Gasteiger partial charge in [0.2, 0.25) is 16.0 Å². The molecule has 1 aromatic carbocycles. The minimum Gasteiger partial charge on any atom is -0.309 e. The molecule has 10 heteroatoms. The second kappa shape index (κ2) is 7.41. The number of benzene rings is 1. The van der Waals surface area contributed by atoms with Gasteiger partial charge in [0.1, 0.15) is 0 Å². The van der Waals surface area contributed by atoms with Crippen LogP contribution in [0.4, 0.5) is 5.69 Å². The SMILES string of the molecule is C[C@@H]1CCCN=C2N(Cc3cnn(C)c3)C(=O)c3cc(S(=O)(=O)NC4(C)CC4)ccc3N21. The van der Waals surface area contributed by atoms with E-state index in [1.165, 1.54) is 6.07 Å². The van der Waals surface area contributed by atoms with Gasteiger partial charge in [-0.2, -0.15) is 5.10 Å². The van der Waals surface area contributed by atoms with Gasteiger partial charge in [-0.3, -0.25) is 19.4 Å². The molecule has 3 heterocycles. The lowest BCUT2D eigenvalue weighted by molar-refractivity contribution is 0.0831. The molecule has 170 valence electrons. The van der Waals surface area contributed by atoms with Crippen LogP contribution in [-0.2, 0) is 23.6 Å². The molecule has 1 amide bonds. The van der Waals surface area contributed by atoms with Crippen LogP contribution in [0.1, 0.15) is 55.5 Å². The van der Waals surface area contributed by atoms with Gasteiger partial charge in [-0.15, -0.1) is 0 Å². The number of rotatable bonds is 5. The molecule has 0 unspecified atom stereocenters. The number of guanidine groups is 1. The summed E-state index contributed by atoms with van der Waals surface area (Å²) in [5.41, 5.74) is 1.59. The van der Waals surface area contributed by atoms with Gasteiger partial charge in [0, 0.05) is 36.9 Å². The van der Waals surface area contributed by atoms with Crippen LogP contribution in [0.15, 0.2) is 40.5 Å². The normalized spacial score (nSPS) is 22.2. The maximum atomic E-state index is 13.7. The van der Waals surface area contributed by atoms with Gasteiger partial charge in [-0.25, -0.2) is 13.1 Å². The Bertz CT molecular complexity index is 1210. The van der Waals surface area contributed by atoms with E-state index in [4.69, 9.17) is 4.99 Å². The maximum Gasteiger partial charge on any atom is 0.263 e. The van der Waals surface area contributed by atoms with Gasteiger partial charge in [0.05, 0.1) is 28.9 Å². The van der Waals surface area contributed by atoms with Crippen LogP contribution in [0.25, 0.3) is 0 Å². The Balaban J connectivity index is 1.59. The van der Waals surface area contributed by atoms with Crippen LogP contribution in [0.5, 0.6) is 0 Å². The van der Waals surface area contributed by atoms with Crippen molar-refractivity contribution in [2.75, 3.05) is 11.4 Å². The predicted octanol–water partition coefficient (Wildman–Crippen LogP) is 2.25. The third-order valence-electron chi connectivity index (χ3n) is 6.42. The molecule has 0 radical (unpaired) electrons. The van der Waals surface area contributed by atoms with E-state index in [0.717, 1.165) is 31.2 Å². The highest BCUT2D eigenvalue weighted by Crippen LogP contribution is 2.38. The number of aryl methyl sites for hydroxylation is 1. The lowest BCUT2D eigenvalue weighted by atomic mass is 10.0. The third-order valence-corrected chi connectivity index (χ3v) is 8.06. The second-order valence-electron chi connectivity index (χ2n) is 9.30. The molecule has 0 saturated heterocycles. The Morgan fingerprint density at radius 3 is 2.75 bits per heavy atom. The molecule has 32 heavy (non-hydrogen) atoms. The number of carbonyl (C=O) groups is 1. The van der Waals surface area contributed by atoms with Crippen molar-refractivity contribution >= 4 is 27.6 Å². The standard InChI is InChI=1S/C22H28N6O3S/c1-15-5-4-10-23-21-27(14-16-12-24-26(3)13-16)20(29)18-11-17(6-7-19(18)28(15)21)32(30,31)25-22(2)8-9-22/h6-7,11-13,15,25H,4-5,8-10,14H2,1-3H3/t15-/m1/s1. The van der Waals surface area contributed by atoms with Gasteiger partial charge in [-0.1, -0.05) is 0 Å². The number of fused-ring (bicyclic) bond motifs is 3. The molecule has 1 aliphatic carbocycles. The predicted molar refractivity (Wildman–Crippen MR) is 121 cm³/mol. The van der Waals surface area contributed by atoms with Gasteiger partial charge in [0.15, 0.2) is 0 Å². The second-order valence-corrected chi connectivity index (χ2v) is 11.0. The fourth-order valence-electron chi connectivity index (χ4n) is 4.38. The fraction of sp³-hybridized carbons (Fsp3) is 0.500. The molecule has 5 rings (SSSR count). The van der Waals surface area contributed by atoms with Crippen LogP contribution >= 0.6 is 0 Å². The number of nitrogens with one attached hydrogen (secondary N) is 1. The summed E-state index contributed by atoms with van der Waals surface area (Å²) < 4.78 is 30.4. The first kappa shape index (κ1) is 21.1. The number of nitrogens with zero attached hydrogens (tertiary/aromatic N) is 5. The topological polar surface area (TPSA) is 99.9 Å². The summed E-state index contributed by atoms with van der Waals surface area (Å²) in [6.07, 6.45) is 7.10. The van der Waals surface area contributed by atoms with Crippen LogP contribution in [0.2, 0.25) is 0 Å². The molecule has 1 saturated carbocycles. The molecule has 2 aromatic rings. The minimum atomic E-state index is -3.72. The number of sulfonamides is 1. The van der Waals surface area contributed by atoms with Crippen molar-refractivity contribution in [3.8, 4) is 0 Å². The minimum absolute atomic E-state index is 0.113. The molecule has 0 spiro atoms. The highest BCUT2D eigenvalue weighted by molar-refractivity contribution is 7.89. The van der Waals surface area contributed by atoms with Gasteiger partial charge >= 0.3 is 0 Å². The summed E-state index contributed by atoms with van der Waals surface area (Å²) in [5.74, 6) is 0.373. The van der Waals surface area contributed by atoms with E-state index in [2.05, 4.69) is 21.6 Å². The van der Waals surface area contributed by atoms with Gasteiger partial charge in [0.25, 0.3) is 5.91 Å². The Kier molecular flexibility index (Phi) is 4.90. The van der Waals surface area contributed by atoms with E-state index in [1.54, 1.807) is 27.9 Å². The van der Waals surface area contributed by atoms with Crippen molar-refractivity contribution in [3.63, 3.8) is 0 Å². The van der Waals surface area contributed by atoms with Crippen molar-refractivity contribution in [1.82, 2.24) is 19.4 Å². The first-order chi connectivity index (χ1) is 15.2. The van der Waals surface area contributed by atoms with E-state index >= 15 is 0 Å². The van der Waals surface area contributed by atoms with Crippen LogP contribution in [-0.4, -0.2) is 53.1 Å². The average molecular weight is 457 g/mol. The molecule has 1 N–H and O–H groups in total. The molecule has 1 fully saturated rings. The summed E-state index contributed by atoms with van der Waals surface area (Å²) in [6, 6.07) is 4.98. The Morgan fingerprint density at radius 1 is 1.28 bits per heavy atom. The van der Waals surface area contributed by atoms with E-state index < -0.39 is 10.0 Å². The number of carbonyl (C=O) groups excluding carboxylic acids is 1. The largest absolute Gasteiger partial charge is 0.309 e. The summed E-state index contributed by atoms with van der Waals surface area (Å²) in [4.78, 5) is 22.2. The third kappa shape index (κ3) is 3.71. The van der Waals surface area contributed by atoms with E-state index in [0.29, 0.717) is 30.3 Å². The van der Waals surface area contributed by atoms with E-state index in [9.17, 15) is 13.2 Å². The lowest BCUT2D eigenvalue weighted by Gasteiger charge is -2.41. The summed E-state index contributed by atoms with van der Waals surface area (Å²) in [7, 11) is -1.89. The lowest BCUT2D eigenvalue weighted by Crippen LogP contribution is -2.54. The Morgan fingerprint density at radius 2 is 2.06 bits per heavy atom. The zero-order chi connectivity index (χ0) is 22.7. The number of aliphatic imine (C=N–C) groups is 1. The summed E-state index contributed by atoms with van der Waals surface area (Å²) in [6.45, 7) is 4.98. The van der Waals surface area contributed by atoms with Crippen molar-refractivity contribution < 1.29 is 13.2 Å². The number of hydrogen-bond donors (Lipinski definition) is 1. The fourth-order valence-corrected chi connectivity index (χ4v) is 5.87. The number of hydrogen-bond acceptors (Lipinski definition) is 6. The van der Waals surface area contributed by atoms with Crippen molar-refractivity contribution in [3.05, 3.63) is 41.7 Å². The van der Waals surface area contributed by atoms with E-state index in [-0.39, 0.29) is 22.4 Å². The molecule has 2 aliphatic heterocycles. The van der Waals surface area contributed by atoms with Crippen LogP contribution in [0.3, 0.4) is 0 Å². The Labute approximate surface area is 188 Å². The van der Waals surface area contributed by atoms with Gasteiger partial charge in [-0.05, 0) is 57.7 Å². The monoisotopic (exact) mass is 456 g/mol. The quantitative estimate of drug-likeness (QED) is 0.744. The molecular weight excluding hydrogens is 428 g/mol. The smallest absolute Gasteiger partial charge is 0.263 e. The molecule has 1 aromatic heterocycles. The molecule has 9 nitrogen and oxygen atoms in total. The van der Waals surface area contributed by atoms with Crippen molar-refractivity contribution in [2.45, 2.75) is 62.6 Å². The zero-order valence-corrected chi connectivity index (χ0v) is 19.4. The number of amides is 1. The maximum absolute atomic E-state index is 13.7. The van der Waals surface area contributed by atoms with Crippen LogP contribution in [0, 0.1) is 0 Å². The molecule has 1 atom stereocenters. The highest BCUT2D eigenvalue weighted by atomic mass is 32.2. The van der Waals surface area contributed by atoms with Crippen molar-refractivity contribution in [1.29, 1.82) is 0 Å². The Hall–Kier alpha value is -2.72. The molecule has 3 aliphatic rings. The van der Waals surface area contributed by atoms with Crippen molar-refractivity contribution in [2.24, 2.45) is 12.0 Å². The highest BCUT2D eigenvalue weighted by Gasteiger charge is 2.43. The number of anilines is 1. The number of aromatic nitrogens is 2. The zero-order valence-electron chi connectivity index (χ0n) is 18.6. The van der Waals surface area contributed by atoms with Gasteiger partial charge < -0.3 is 4.90 Å². The molecular formula is C22H28N6O3S.